The van der Waals surface area contributed by atoms with Crippen LogP contribution in [-0.2, 0) is 11.4 Å². The third kappa shape index (κ3) is 3.21. The van der Waals surface area contributed by atoms with Gasteiger partial charge in [-0.3, -0.25) is 15.0 Å². The average Bonchev–Trinajstić information content (AvgIpc) is 2.52. The monoisotopic (exact) mass is 270 g/mol. The van der Waals surface area contributed by atoms with Crippen LogP contribution >= 0.6 is 0 Å². The van der Waals surface area contributed by atoms with E-state index in [-0.39, 0.29) is 5.56 Å². The predicted octanol–water partition coefficient (Wildman–Crippen LogP) is 1.44. The summed E-state index contributed by atoms with van der Waals surface area (Å²) in [5, 5.41) is 0. The summed E-state index contributed by atoms with van der Waals surface area (Å²) >= 11 is 0. The minimum absolute atomic E-state index is 0.186. The normalized spacial score (nSPS) is 9.85. The van der Waals surface area contributed by atoms with Crippen molar-refractivity contribution < 1.29 is 14.3 Å². The number of carbonyl (C=O) groups excluding carboxylic acids is 2. The van der Waals surface area contributed by atoms with Gasteiger partial charge in [-0.05, 0) is 17.7 Å². The number of carbonyl (C=O) groups is 2. The van der Waals surface area contributed by atoms with Crippen molar-refractivity contribution in [1.82, 2.24) is 5.43 Å². The Morgan fingerprint density at radius 1 is 1.00 bits per heavy atom. The number of benzene rings is 2. The highest BCUT2D eigenvalue weighted by Gasteiger charge is 2.19. The molecule has 0 fully saturated rings. The number of ether oxygens (including phenoxy) is 1. The molecule has 5 heteroatoms. The molecule has 0 saturated heterocycles. The lowest BCUT2D eigenvalue weighted by molar-refractivity contribution is -0.117. The van der Waals surface area contributed by atoms with Crippen LogP contribution in [0.5, 0.6) is 5.75 Å². The van der Waals surface area contributed by atoms with E-state index in [1.807, 2.05) is 35.8 Å². The Hall–Kier alpha value is -2.66. The van der Waals surface area contributed by atoms with Gasteiger partial charge in [0.1, 0.15) is 12.4 Å². The number of amides is 1. The fourth-order valence-corrected chi connectivity index (χ4v) is 1.70. The van der Waals surface area contributed by atoms with E-state index < -0.39 is 11.7 Å². The summed E-state index contributed by atoms with van der Waals surface area (Å²) in [4.78, 5) is 23.1. The molecular weight excluding hydrogens is 256 g/mol. The molecule has 0 aromatic heterocycles. The molecule has 102 valence electrons. The van der Waals surface area contributed by atoms with Gasteiger partial charge in [-0.25, -0.2) is 5.84 Å². The molecule has 0 saturated carbocycles. The molecule has 0 aliphatic carbocycles. The van der Waals surface area contributed by atoms with Crippen LogP contribution in [0.4, 0.5) is 0 Å². The van der Waals surface area contributed by atoms with E-state index >= 15 is 0 Å². The van der Waals surface area contributed by atoms with Crippen molar-refractivity contribution in [3.8, 4) is 5.75 Å². The van der Waals surface area contributed by atoms with Crippen LogP contribution in [0.2, 0.25) is 0 Å². The zero-order valence-electron chi connectivity index (χ0n) is 10.7. The minimum Gasteiger partial charge on any atom is -0.488 e. The van der Waals surface area contributed by atoms with Crippen molar-refractivity contribution in [2.24, 2.45) is 5.84 Å². The van der Waals surface area contributed by atoms with E-state index in [4.69, 9.17) is 10.6 Å². The van der Waals surface area contributed by atoms with Crippen LogP contribution in [0, 0.1) is 0 Å². The number of hydrazine groups is 1. The van der Waals surface area contributed by atoms with Crippen LogP contribution < -0.4 is 16.0 Å². The van der Waals surface area contributed by atoms with Gasteiger partial charge in [0.2, 0.25) is 0 Å². The van der Waals surface area contributed by atoms with Gasteiger partial charge in [0.05, 0.1) is 5.56 Å². The predicted molar refractivity (Wildman–Crippen MR) is 73.9 cm³/mol. The number of nitrogens with one attached hydrogen (secondary N) is 1. The Balaban J connectivity index is 2.16. The second-order valence-corrected chi connectivity index (χ2v) is 4.07. The first-order valence-electron chi connectivity index (χ1n) is 6.03. The molecule has 2 rings (SSSR count). The van der Waals surface area contributed by atoms with Crippen LogP contribution in [0.15, 0.2) is 54.6 Å². The zero-order valence-corrected chi connectivity index (χ0v) is 10.7. The Kier molecular flexibility index (Phi) is 4.47. The molecular formula is C15H14N2O3. The van der Waals surface area contributed by atoms with Gasteiger partial charge >= 0.3 is 5.91 Å². The SMILES string of the molecule is NNC(=O)C(=O)c1ccccc1OCc1ccccc1. The fraction of sp³-hybridized carbons (Fsp3) is 0.0667. The molecule has 2 aromatic carbocycles. The summed E-state index contributed by atoms with van der Waals surface area (Å²) < 4.78 is 5.60. The maximum atomic E-state index is 11.8. The zero-order chi connectivity index (χ0) is 14.4. The summed E-state index contributed by atoms with van der Waals surface area (Å²) in [5.74, 6) is 3.72. The average molecular weight is 270 g/mol. The first-order chi connectivity index (χ1) is 9.72. The lowest BCUT2D eigenvalue weighted by Gasteiger charge is -2.10. The van der Waals surface area contributed by atoms with Gasteiger partial charge in [-0.15, -0.1) is 0 Å². The van der Waals surface area contributed by atoms with Gasteiger partial charge < -0.3 is 4.74 Å². The molecule has 0 spiro atoms. The van der Waals surface area contributed by atoms with Crippen molar-refractivity contribution in [2.45, 2.75) is 6.61 Å². The molecule has 0 atom stereocenters. The number of hydrogen-bond donors (Lipinski definition) is 2. The van der Waals surface area contributed by atoms with Gasteiger partial charge in [-0.2, -0.15) is 0 Å². The number of Topliss-reactive ketones (excluding diaryl/α,β-unsaturated/α-hetero) is 1. The molecule has 0 heterocycles. The quantitative estimate of drug-likeness (QED) is 0.283. The lowest BCUT2D eigenvalue weighted by atomic mass is 10.1. The maximum absolute atomic E-state index is 11.8. The van der Waals surface area contributed by atoms with Crippen LogP contribution in [-0.4, -0.2) is 11.7 Å². The maximum Gasteiger partial charge on any atom is 0.306 e. The Morgan fingerprint density at radius 3 is 2.35 bits per heavy atom. The van der Waals surface area contributed by atoms with E-state index in [1.54, 1.807) is 18.2 Å². The van der Waals surface area contributed by atoms with Crippen LogP contribution in [0.25, 0.3) is 0 Å². The topological polar surface area (TPSA) is 81.4 Å². The summed E-state index contributed by atoms with van der Waals surface area (Å²) in [6, 6.07) is 16.1. The van der Waals surface area contributed by atoms with E-state index in [0.717, 1.165) is 5.56 Å². The Labute approximate surface area is 116 Å². The standard InChI is InChI=1S/C15H14N2O3/c16-17-15(19)14(18)12-8-4-5-9-13(12)20-10-11-6-2-1-3-7-11/h1-9H,10,16H2,(H,17,19). The first kappa shape index (κ1) is 13.8. The summed E-state index contributed by atoms with van der Waals surface area (Å²) in [7, 11) is 0. The smallest absolute Gasteiger partial charge is 0.306 e. The molecule has 2 aromatic rings. The number of ketones is 1. The molecule has 0 aliphatic rings. The van der Waals surface area contributed by atoms with Crippen molar-refractivity contribution >= 4 is 11.7 Å². The fourth-order valence-electron chi connectivity index (χ4n) is 1.70. The number of rotatable bonds is 5. The van der Waals surface area contributed by atoms with E-state index in [2.05, 4.69) is 0 Å². The van der Waals surface area contributed by atoms with Crippen molar-refractivity contribution in [3.05, 3.63) is 65.7 Å². The molecule has 5 nitrogen and oxygen atoms in total. The van der Waals surface area contributed by atoms with Gasteiger partial charge in [0.25, 0.3) is 5.78 Å². The van der Waals surface area contributed by atoms with Crippen LogP contribution in [0.1, 0.15) is 15.9 Å². The van der Waals surface area contributed by atoms with Crippen LogP contribution in [0.3, 0.4) is 0 Å². The number of para-hydroxylation sites is 1. The first-order valence-corrected chi connectivity index (χ1v) is 6.03. The summed E-state index contributed by atoms with van der Waals surface area (Å²) in [6.07, 6.45) is 0. The highest BCUT2D eigenvalue weighted by Crippen LogP contribution is 2.20. The van der Waals surface area contributed by atoms with Crippen molar-refractivity contribution in [3.63, 3.8) is 0 Å². The van der Waals surface area contributed by atoms with Gasteiger partial charge in [-0.1, -0.05) is 42.5 Å². The van der Waals surface area contributed by atoms with Crippen molar-refractivity contribution in [2.75, 3.05) is 0 Å². The number of nitrogens with two attached hydrogens (primary N) is 1. The Morgan fingerprint density at radius 2 is 1.65 bits per heavy atom. The second-order valence-electron chi connectivity index (χ2n) is 4.07. The summed E-state index contributed by atoms with van der Waals surface area (Å²) in [5.41, 5.74) is 2.98. The molecule has 0 unspecified atom stereocenters. The van der Waals surface area contributed by atoms with E-state index in [9.17, 15) is 9.59 Å². The van der Waals surface area contributed by atoms with E-state index in [0.29, 0.717) is 12.4 Å². The third-order valence-corrected chi connectivity index (χ3v) is 2.71. The van der Waals surface area contributed by atoms with Gasteiger partial charge in [0, 0.05) is 0 Å². The number of hydrogen-bond acceptors (Lipinski definition) is 4. The largest absolute Gasteiger partial charge is 0.488 e. The highest BCUT2D eigenvalue weighted by molar-refractivity contribution is 6.43. The molecule has 0 radical (unpaired) electrons. The third-order valence-electron chi connectivity index (χ3n) is 2.71. The van der Waals surface area contributed by atoms with Gasteiger partial charge in [0.15, 0.2) is 0 Å². The summed E-state index contributed by atoms with van der Waals surface area (Å²) in [6.45, 7) is 0.315. The van der Waals surface area contributed by atoms with E-state index in [1.165, 1.54) is 6.07 Å². The molecule has 0 aliphatic heterocycles. The Bertz CT molecular complexity index is 612. The highest BCUT2D eigenvalue weighted by atomic mass is 16.5. The lowest BCUT2D eigenvalue weighted by Crippen LogP contribution is -2.36. The second kappa shape index (κ2) is 6.49. The molecule has 3 N–H and O–H groups in total. The minimum atomic E-state index is -0.874. The molecule has 0 bridgehead atoms. The van der Waals surface area contributed by atoms with Crippen molar-refractivity contribution in [1.29, 1.82) is 0 Å². The molecule has 1 amide bonds. The molecule has 20 heavy (non-hydrogen) atoms.